The maximum Gasteiger partial charge on any atom is 0.246 e. The van der Waals surface area contributed by atoms with Gasteiger partial charge in [-0.1, -0.05) is 12.1 Å². The zero-order valence-electron chi connectivity index (χ0n) is 10.4. The summed E-state index contributed by atoms with van der Waals surface area (Å²) in [5, 5.41) is 3.15. The van der Waals surface area contributed by atoms with Gasteiger partial charge in [-0.15, -0.1) is 0 Å². The second-order valence-electron chi connectivity index (χ2n) is 4.32. The Morgan fingerprint density at radius 3 is 2.61 bits per heavy atom. The fourth-order valence-corrected chi connectivity index (χ4v) is 1.92. The molecule has 4 heteroatoms. The third kappa shape index (κ3) is 2.96. The SMILES string of the molecule is CCN(C(=O)C=Cc1ccc(F)cc1)C1CNC1. The van der Waals surface area contributed by atoms with E-state index in [0.29, 0.717) is 12.6 Å². The predicted molar refractivity (Wildman–Crippen MR) is 69.5 cm³/mol. The highest BCUT2D eigenvalue weighted by Gasteiger charge is 2.25. The van der Waals surface area contributed by atoms with Crippen LogP contribution in [0.15, 0.2) is 30.3 Å². The lowest BCUT2D eigenvalue weighted by molar-refractivity contribution is -0.128. The number of rotatable bonds is 4. The Kier molecular flexibility index (Phi) is 4.10. The van der Waals surface area contributed by atoms with Crippen LogP contribution in [0.25, 0.3) is 6.08 Å². The fraction of sp³-hybridized carbons (Fsp3) is 0.357. The average molecular weight is 248 g/mol. The highest BCUT2D eigenvalue weighted by molar-refractivity contribution is 5.92. The lowest BCUT2D eigenvalue weighted by Gasteiger charge is -2.37. The lowest BCUT2D eigenvalue weighted by Crippen LogP contribution is -2.58. The Morgan fingerprint density at radius 2 is 2.11 bits per heavy atom. The van der Waals surface area contributed by atoms with Gasteiger partial charge in [-0.05, 0) is 30.7 Å². The van der Waals surface area contributed by atoms with Crippen molar-refractivity contribution < 1.29 is 9.18 Å². The van der Waals surface area contributed by atoms with Crippen molar-refractivity contribution in [3.63, 3.8) is 0 Å². The summed E-state index contributed by atoms with van der Waals surface area (Å²) in [7, 11) is 0. The van der Waals surface area contributed by atoms with Crippen LogP contribution < -0.4 is 5.32 Å². The molecule has 2 rings (SSSR count). The molecule has 1 heterocycles. The normalized spacial score (nSPS) is 15.7. The largest absolute Gasteiger partial charge is 0.334 e. The van der Waals surface area contributed by atoms with Crippen LogP contribution in [0.1, 0.15) is 12.5 Å². The molecule has 0 radical (unpaired) electrons. The maximum absolute atomic E-state index is 12.7. The molecular formula is C14H17FN2O. The van der Waals surface area contributed by atoms with E-state index in [1.807, 2.05) is 11.8 Å². The van der Waals surface area contributed by atoms with Crippen molar-refractivity contribution in [1.29, 1.82) is 0 Å². The molecule has 0 saturated carbocycles. The quantitative estimate of drug-likeness (QED) is 0.822. The van der Waals surface area contributed by atoms with Gasteiger partial charge in [0.05, 0.1) is 6.04 Å². The third-order valence-electron chi connectivity index (χ3n) is 3.11. The van der Waals surface area contributed by atoms with Crippen molar-refractivity contribution in [2.45, 2.75) is 13.0 Å². The first kappa shape index (κ1) is 12.8. The summed E-state index contributed by atoms with van der Waals surface area (Å²) < 4.78 is 12.7. The first-order chi connectivity index (χ1) is 8.70. The molecule has 0 atom stereocenters. The van der Waals surface area contributed by atoms with Crippen LogP contribution in [0.4, 0.5) is 4.39 Å². The summed E-state index contributed by atoms with van der Waals surface area (Å²) in [5.41, 5.74) is 0.826. The highest BCUT2D eigenvalue weighted by atomic mass is 19.1. The Bertz CT molecular complexity index is 438. The van der Waals surface area contributed by atoms with E-state index in [1.165, 1.54) is 12.1 Å². The molecule has 0 spiro atoms. The summed E-state index contributed by atoms with van der Waals surface area (Å²) in [6, 6.07) is 6.39. The van der Waals surface area contributed by atoms with Gasteiger partial charge < -0.3 is 10.2 Å². The van der Waals surface area contributed by atoms with E-state index in [-0.39, 0.29) is 11.7 Å². The molecule has 96 valence electrons. The monoisotopic (exact) mass is 248 g/mol. The van der Waals surface area contributed by atoms with Crippen molar-refractivity contribution in [3.8, 4) is 0 Å². The summed E-state index contributed by atoms with van der Waals surface area (Å²) in [5.74, 6) is -0.262. The number of carbonyl (C=O) groups is 1. The number of halogens is 1. The van der Waals surface area contributed by atoms with Crippen molar-refractivity contribution in [2.24, 2.45) is 0 Å². The fourth-order valence-electron chi connectivity index (χ4n) is 1.92. The first-order valence-electron chi connectivity index (χ1n) is 6.15. The van der Waals surface area contributed by atoms with Crippen LogP contribution in [-0.4, -0.2) is 36.5 Å². The van der Waals surface area contributed by atoms with Crippen molar-refractivity contribution in [2.75, 3.05) is 19.6 Å². The van der Waals surface area contributed by atoms with Gasteiger partial charge in [0.15, 0.2) is 0 Å². The number of nitrogens with zero attached hydrogens (tertiary/aromatic N) is 1. The van der Waals surface area contributed by atoms with Crippen LogP contribution in [-0.2, 0) is 4.79 Å². The summed E-state index contributed by atoms with van der Waals surface area (Å²) in [6.07, 6.45) is 3.27. The van der Waals surface area contributed by atoms with E-state index in [2.05, 4.69) is 5.32 Å². The molecule has 3 nitrogen and oxygen atoms in total. The van der Waals surface area contributed by atoms with Gasteiger partial charge in [-0.25, -0.2) is 4.39 Å². The second-order valence-corrected chi connectivity index (χ2v) is 4.32. The van der Waals surface area contributed by atoms with Crippen molar-refractivity contribution in [3.05, 3.63) is 41.7 Å². The summed E-state index contributed by atoms with van der Waals surface area (Å²) in [4.78, 5) is 13.8. The highest BCUT2D eigenvalue weighted by Crippen LogP contribution is 2.08. The number of amides is 1. The molecule has 1 aromatic rings. The number of likely N-dealkylation sites (N-methyl/N-ethyl adjacent to an activating group) is 1. The van der Waals surface area contributed by atoms with E-state index in [0.717, 1.165) is 18.7 Å². The summed E-state index contributed by atoms with van der Waals surface area (Å²) >= 11 is 0. The molecule has 1 fully saturated rings. The Labute approximate surface area is 106 Å². The van der Waals surface area contributed by atoms with Crippen LogP contribution in [0.2, 0.25) is 0 Å². The van der Waals surface area contributed by atoms with Crippen LogP contribution in [0.5, 0.6) is 0 Å². The molecule has 1 amide bonds. The second kappa shape index (κ2) is 5.78. The third-order valence-corrected chi connectivity index (χ3v) is 3.11. The zero-order chi connectivity index (χ0) is 13.0. The Morgan fingerprint density at radius 1 is 1.44 bits per heavy atom. The zero-order valence-corrected chi connectivity index (χ0v) is 10.4. The van der Waals surface area contributed by atoms with E-state index < -0.39 is 0 Å². The lowest BCUT2D eigenvalue weighted by atomic mass is 10.1. The first-order valence-corrected chi connectivity index (χ1v) is 6.15. The molecule has 18 heavy (non-hydrogen) atoms. The van der Waals surface area contributed by atoms with Crippen LogP contribution >= 0.6 is 0 Å². The Hall–Kier alpha value is -1.68. The molecular weight excluding hydrogens is 231 g/mol. The molecule has 1 saturated heterocycles. The van der Waals surface area contributed by atoms with Crippen molar-refractivity contribution in [1.82, 2.24) is 10.2 Å². The minimum Gasteiger partial charge on any atom is -0.334 e. The molecule has 1 aliphatic rings. The van der Waals surface area contributed by atoms with Gasteiger partial charge in [0.1, 0.15) is 5.82 Å². The molecule has 1 aliphatic heterocycles. The predicted octanol–water partition coefficient (Wildman–Crippen LogP) is 1.66. The Balaban J connectivity index is 1.98. The van der Waals surface area contributed by atoms with Gasteiger partial charge >= 0.3 is 0 Å². The average Bonchev–Trinajstić information content (AvgIpc) is 2.32. The van der Waals surface area contributed by atoms with E-state index >= 15 is 0 Å². The smallest absolute Gasteiger partial charge is 0.246 e. The van der Waals surface area contributed by atoms with Gasteiger partial charge in [-0.2, -0.15) is 0 Å². The summed E-state index contributed by atoms with van der Waals surface area (Å²) in [6.45, 7) is 4.41. The number of carbonyl (C=O) groups excluding carboxylic acids is 1. The van der Waals surface area contributed by atoms with Crippen LogP contribution in [0, 0.1) is 5.82 Å². The molecule has 0 bridgehead atoms. The number of hydrogen-bond donors (Lipinski definition) is 1. The molecule has 0 unspecified atom stereocenters. The molecule has 1 N–H and O–H groups in total. The van der Waals surface area contributed by atoms with Crippen LogP contribution in [0.3, 0.4) is 0 Å². The maximum atomic E-state index is 12.7. The van der Waals surface area contributed by atoms with Crippen molar-refractivity contribution >= 4 is 12.0 Å². The molecule has 0 aliphatic carbocycles. The van der Waals surface area contributed by atoms with Gasteiger partial charge in [0, 0.05) is 25.7 Å². The minimum absolute atomic E-state index is 0.00771. The molecule has 1 aromatic carbocycles. The number of hydrogen-bond acceptors (Lipinski definition) is 2. The molecule has 0 aromatic heterocycles. The number of benzene rings is 1. The topological polar surface area (TPSA) is 32.3 Å². The van der Waals surface area contributed by atoms with E-state index in [9.17, 15) is 9.18 Å². The van der Waals surface area contributed by atoms with Gasteiger partial charge in [0.2, 0.25) is 5.91 Å². The van der Waals surface area contributed by atoms with Gasteiger partial charge in [-0.3, -0.25) is 4.79 Å². The van der Waals surface area contributed by atoms with E-state index in [4.69, 9.17) is 0 Å². The standard InChI is InChI=1S/C14H17FN2O/c1-2-17(13-9-16-10-13)14(18)8-5-11-3-6-12(15)7-4-11/h3-8,13,16H,2,9-10H2,1H3. The minimum atomic E-state index is -0.269. The number of nitrogens with one attached hydrogen (secondary N) is 1. The van der Waals surface area contributed by atoms with Gasteiger partial charge in [0.25, 0.3) is 0 Å². The van der Waals surface area contributed by atoms with E-state index in [1.54, 1.807) is 24.3 Å².